The molecule has 0 bridgehead atoms. The van der Waals surface area contributed by atoms with Crippen molar-refractivity contribution >= 4 is 5.97 Å². The molecule has 0 aromatic rings. The molecule has 0 atom stereocenters. The second kappa shape index (κ2) is 18.0. The number of ether oxygens (including phenoxy) is 1. The summed E-state index contributed by atoms with van der Waals surface area (Å²) in [7, 11) is 3.25. The van der Waals surface area contributed by atoms with E-state index in [0.717, 1.165) is 12.5 Å². The maximum absolute atomic E-state index is 9.25. The van der Waals surface area contributed by atoms with Gasteiger partial charge in [-0.3, -0.25) is 0 Å². The first kappa shape index (κ1) is 18.8. The highest BCUT2D eigenvalue weighted by Crippen LogP contribution is 1.88. The minimum absolute atomic E-state index is 0.486. The lowest BCUT2D eigenvalue weighted by Crippen LogP contribution is -2.01. The lowest BCUT2D eigenvalue weighted by Gasteiger charge is -1.94. The highest BCUT2D eigenvalue weighted by molar-refractivity contribution is 5.78. The van der Waals surface area contributed by atoms with Crippen LogP contribution in [0.15, 0.2) is 12.7 Å². The van der Waals surface area contributed by atoms with E-state index in [1.54, 1.807) is 14.2 Å². The SMILES string of the molecule is C=CC(=O)O.CCCC(O)O.COC. The van der Waals surface area contributed by atoms with Crippen LogP contribution in [-0.2, 0) is 9.53 Å². The lowest BCUT2D eigenvalue weighted by atomic mass is 10.3. The molecule has 86 valence electrons. The van der Waals surface area contributed by atoms with Gasteiger partial charge in [-0.2, -0.15) is 0 Å². The molecule has 0 heterocycles. The van der Waals surface area contributed by atoms with Crippen LogP contribution < -0.4 is 0 Å². The van der Waals surface area contributed by atoms with Crippen molar-refractivity contribution in [2.75, 3.05) is 14.2 Å². The number of aliphatic carboxylic acids is 1. The summed E-state index contributed by atoms with van der Waals surface area (Å²) < 4.78 is 4.25. The lowest BCUT2D eigenvalue weighted by molar-refractivity contribution is -0.131. The zero-order valence-corrected chi connectivity index (χ0v) is 8.93. The van der Waals surface area contributed by atoms with Crippen LogP contribution in [0, 0.1) is 0 Å². The minimum Gasteiger partial charge on any atom is -0.478 e. The van der Waals surface area contributed by atoms with E-state index in [-0.39, 0.29) is 0 Å². The standard InChI is InChI=1S/C4H10O2.C3H4O2.C2H6O/c1-2-3-4(5)6;1-2-3(4)5;1-3-2/h4-6H,2-3H2,1H3;2H,1H2,(H,4,5);1-2H3. The average molecular weight is 208 g/mol. The maximum Gasteiger partial charge on any atom is 0.327 e. The molecule has 0 aliphatic carbocycles. The summed E-state index contributed by atoms with van der Waals surface area (Å²) in [6.45, 7) is 4.86. The number of carboxylic acid groups (broad SMARTS) is 1. The molecule has 0 aromatic heterocycles. The summed E-state index contributed by atoms with van der Waals surface area (Å²) in [6.07, 6.45) is 1.05. The maximum atomic E-state index is 9.25. The molecule has 3 N–H and O–H groups in total. The monoisotopic (exact) mass is 208 g/mol. The third-order valence-corrected chi connectivity index (χ3v) is 0.721. The Morgan fingerprint density at radius 1 is 1.50 bits per heavy atom. The minimum atomic E-state index is -1.10. The smallest absolute Gasteiger partial charge is 0.327 e. The Labute approximate surface area is 84.6 Å². The van der Waals surface area contributed by atoms with Crippen molar-refractivity contribution in [3.63, 3.8) is 0 Å². The van der Waals surface area contributed by atoms with Crippen LogP contribution in [0.2, 0.25) is 0 Å². The summed E-state index contributed by atoms with van der Waals surface area (Å²) in [5.74, 6) is -0.981. The molecule has 5 nitrogen and oxygen atoms in total. The molecule has 0 saturated heterocycles. The van der Waals surface area contributed by atoms with Gasteiger partial charge in [0, 0.05) is 20.3 Å². The zero-order chi connectivity index (χ0) is 12.0. The van der Waals surface area contributed by atoms with Gasteiger partial charge in [0.05, 0.1) is 0 Å². The van der Waals surface area contributed by atoms with E-state index < -0.39 is 12.3 Å². The van der Waals surface area contributed by atoms with Gasteiger partial charge in [0.25, 0.3) is 0 Å². The van der Waals surface area contributed by atoms with Gasteiger partial charge in [0.15, 0.2) is 6.29 Å². The Balaban J connectivity index is -0.000000138. The van der Waals surface area contributed by atoms with Crippen molar-refractivity contribution in [1.82, 2.24) is 0 Å². The molecule has 5 heteroatoms. The third-order valence-electron chi connectivity index (χ3n) is 0.721. The fourth-order valence-corrected chi connectivity index (χ4v) is 0.258. The van der Waals surface area contributed by atoms with Gasteiger partial charge < -0.3 is 20.1 Å². The Kier molecular flexibility index (Phi) is 24.2. The van der Waals surface area contributed by atoms with Gasteiger partial charge in [-0.15, -0.1) is 0 Å². The zero-order valence-electron chi connectivity index (χ0n) is 8.93. The molecule has 0 aliphatic heterocycles. The van der Waals surface area contributed by atoms with Gasteiger partial charge in [-0.1, -0.05) is 19.9 Å². The first-order valence-electron chi connectivity index (χ1n) is 4.07. The summed E-state index contributed by atoms with van der Waals surface area (Å²) in [5.41, 5.74) is 0. The fourth-order valence-electron chi connectivity index (χ4n) is 0.258. The van der Waals surface area contributed by atoms with E-state index in [4.69, 9.17) is 15.3 Å². The van der Waals surface area contributed by atoms with E-state index in [2.05, 4.69) is 11.3 Å². The topological polar surface area (TPSA) is 87.0 Å². The number of aliphatic hydroxyl groups excluding tert-OH is 1. The van der Waals surface area contributed by atoms with Crippen molar-refractivity contribution < 1.29 is 24.9 Å². The van der Waals surface area contributed by atoms with E-state index in [0.29, 0.717) is 6.42 Å². The Bertz CT molecular complexity index is 122. The predicted molar refractivity (Wildman–Crippen MR) is 53.9 cm³/mol. The van der Waals surface area contributed by atoms with Crippen LogP contribution in [-0.4, -0.2) is 41.8 Å². The molecular formula is C9H20O5. The van der Waals surface area contributed by atoms with Gasteiger partial charge in [0.2, 0.25) is 0 Å². The first-order chi connectivity index (χ1) is 6.45. The summed E-state index contributed by atoms with van der Waals surface area (Å²) in [6, 6.07) is 0. The highest BCUT2D eigenvalue weighted by Gasteiger charge is 1.89. The summed E-state index contributed by atoms with van der Waals surface area (Å²) >= 11 is 0. The van der Waals surface area contributed by atoms with Gasteiger partial charge >= 0.3 is 5.97 Å². The highest BCUT2D eigenvalue weighted by atomic mass is 16.5. The van der Waals surface area contributed by atoms with Crippen molar-refractivity contribution in [2.45, 2.75) is 26.1 Å². The Morgan fingerprint density at radius 2 is 1.79 bits per heavy atom. The molecule has 0 aromatic carbocycles. The number of aliphatic hydroxyl groups is 2. The van der Waals surface area contributed by atoms with Crippen LogP contribution in [0.1, 0.15) is 19.8 Å². The molecule has 0 radical (unpaired) electrons. The van der Waals surface area contributed by atoms with Crippen molar-refractivity contribution in [1.29, 1.82) is 0 Å². The molecule has 0 amide bonds. The second-order valence-electron chi connectivity index (χ2n) is 2.22. The van der Waals surface area contributed by atoms with Crippen molar-refractivity contribution in [3.05, 3.63) is 12.7 Å². The van der Waals surface area contributed by atoms with Crippen LogP contribution in [0.4, 0.5) is 0 Å². The quantitative estimate of drug-likeness (QED) is 0.467. The summed E-state index contributed by atoms with van der Waals surface area (Å²) in [4.78, 5) is 9.25. The molecule has 0 aliphatic rings. The largest absolute Gasteiger partial charge is 0.478 e. The molecule has 0 unspecified atom stereocenters. The second-order valence-corrected chi connectivity index (χ2v) is 2.22. The number of carbonyl (C=O) groups is 1. The van der Waals surface area contributed by atoms with Crippen LogP contribution >= 0.6 is 0 Å². The Morgan fingerprint density at radius 3 is 1.79 bits per heavy atom. The number of hydrogen-bond donors (Lipinski definition) is 3. The molecule has 0 fully saturated rings. The van der Waals surface area contributed by atoms with E-state index in [9.17, 15) is 4.79 Å². The molecule has 0 spiro atoms. The van der Waals surface area contributed by atoms with E-state index in [1.807, 2.05) is 6.92 Å². The number of hydrogen-bond acceptors (Lipinski definition) is 4. The average Bonchev–Trinajstić information content (AvgIpc) is 2.06. The van der Waals surface area contributed by atoms with E-state index >= 15 is 0 Å². The predicted octanol–water partition coefficient (Wildman–Crippen LogP) is 0.617. The third kappa shape index (κ3) is 67.5. The van der Waals surface area contributed by atoms with Crippen LogP contribution in [0.25, 0.3) is 0 Å². The molecular weight excluding hydrogens is 188 g/mol. The van der Waals surface area contributed by atoms with E-state index in [1.165, 1.54) is 0 Å². The normalized spacial score (nSPS) is 7.86. The van der Waals surface area contributed by atoms with Gasteiger partial charge in [0.1, 0.15) is 0 Å². The molecule has 0 rings (SSSR count). The fraction of sp³-hybridized carbons (Fsp3) is 0.667. The number of rotatable bonds is 3. The van der Waals surface area contributed by atoms with Crippen molar-refractivity contribution in [2.24, 2.45) is 0 Å². The number of carboxylic acids is 1. The van der Waals surface area contributed by atoms with Crippen LogP contribution in [0.5, 0.6) is 0 Å². The van der Waals surface area contributed by atoms with Crippen molar-refractivity contribution in [3.8, 4) is 0 Å². The van der Waals surface area contributed by atoms with Gasteiger partial charge in [-0.25, -0.2) is 4.79 Å². The molecule has 0 saturated carbocycles. The van der Waals surface area contributed by atoms with Gasteiger partial charge in [-0.05, 0) is 6.42 Å². The van der Waals surface area contributed by atoms with Crippen LogP contribution in [0.3, 0.4) is 0 Å². The Hall–Kier alpha value is -0.910. The molecule has 14 heavy (non-hydrogen) atoms. The number of methoxy groups -OCH3 is 1. The summed E-state index contributed by atoms with van der Waals surface area (Å²) in [5, 5.41) is 23.8. The first-order valence-corrected chi connectivity index (χ1v) is 4.07.